The number of alkyl carbamates (subject to hydrolysis) is 1. The van der Waals surface area contributed by atoms with Crippen molar-refractivity contribution in [2.24, 2.45) is 0 Å². The fourth-order valence-electron chi connectivity index (χ4n) is 2.70. The van der Waals surface area contributed by atoms with Crippen molar-refractivity contribution in [3.8, 4) is 0 Å². The van der Waals surface area contributed by atoms with Gasteiger partial charge in [0, 0.05) is 6.42 Å². The van der Waals surface area contributed by atoms with Crippen molar-refractivity contribution in [1.29, 1.82) is 0 Å². The van der Waals surface area contributed by atoms with Crippen molar-refractivity contribution >= 4 is 12.0 Å². The summed E-state index contributed by atoms with van der Waals surface area (Å²) in [6.07, 6.45) is -0.359. The smallest absolute Gasteiger partial charge is 0.408 e. The Balaban J connectivity index is 2.14. The van der Waals surface area contributed by atoms with Crippen LogP contribution in [0.1, 0.15) is 37.9 Å². The molecular weight excluding hydrogens is 356 g/mol. The Morgan fingerprint density at radius 2 is 1.54 bits per heavy atom. The van der Waals surface area contributed by atoms with Gasteiger partial charge in [-0.25, -0.2) is 4.79 Å². The second-order valence-electron chi connectivity index (χ2n) is 7.54. The molecule has 3 N–H and O–H groups in total. The third-order valence-electron chi connectivity index (χ3n) is 3.99. The van der Waals surface area contributed by atoms with E-state index in [1.165, 1.54) is 0 Å². The van der Waals surface area contributed by atoms with Gasteiger partial charge in [0.25, 0.3) is 0 Å². The summed E-state index contributed by atoms with van der Waals surface area (Å²) in [5, 5.41) is 15.2. The zero-order valence-electron chi connectivity index (χ0n) is 16.5. The monoisotopic (exact) mass is 384 g/mol. The zero-order chi connectivity index (χ0) is 20.6. The molecule has 28 heavy (non-hydrogen) atoms. The number of carbonyl (C=O) groups excluding carboxylic acids is 2. The van der Waals surface area contributed by atoms with Gasteiger partial charge in [-0.3, -0.25) is 4.79 Å². The second kappa shape index (κ2) is 9.90. The fraction of sp³-hybridized carbons (Fsp3) is 0.364. The summed E-state index contributed by atoms with van der Waals surface area (Å²) in [5.74, 6) is -0.391. The lowest BCUT2D eigenvalue weighted by Gasteiger charge is -2.25. The van der Waals surface area contributed by atoms with E-state index in [1.807, 2.05) is 60.7 Å². The lowest BCUT2D eigenvalue weighted by atomic mass is 10.0. The molecule has 2 rings (SSSR count). The van der Waals surface area contributed by atoms with Crippen LogP contribution in [0.3, 0.4) is 0 Å². The van der Waals surface area contributed by atoms with E-state index in [4.69, 9.17) is 4.74 Å². The molecule has 0 aliphatic carbocycles. The van der Waals surface area contributed by atoms with E-state index in [1.54, 1.807) is 20.8 Å². The molecule has 2 aromatic rings. The summed E-state index contributed by atoms with van der Waals surface area (Å²) < 4.78 is 5.29. The maximum Gasteiger partial charge on any atom is 0.408 e. The van der Waals surface area contributed by atoms with Crippen LogP contribution in [0.25, 0.3) is 0 Å². The molecule has 6 heteroatoms. The van der Waals surface area contributed by atoms with Gasteiger partial charge in [-0.1, -0.05) is 60.7 Å². The van der Waals surface area contributed by atoms with Gasteiger partial charge < -0.3 is 20.5 Å². The number of hydrogen-bond donors (Lipinski definition) is 3. The number of carbonyl (C=O) groups is 2. The molecule has 0 radical (unpaired) electrons. The van der Waals surface area contributed by atoms with Gasteiger partial charge in [-0.05, 0) is 31.9 Å². The predicted octanol–water partition coefficient (Wildman–Crippen LogP) is 2.97. The van der Waals surface area contributed by atoms with Crippen LogP contribution in [-0.4, -0.2) is 35.4 Å². The number of nitrogens with one attached hydrogen (secondary N) is 2. The maximum absolute atomic E-state index is 12.9. The molecule has 0 aromatic heterocycles. The van der Waals surface area contributed by atoms with Crippen LogP contribution < -0.4 is 10.6 Å². The van der Waals surface area contributed by atoms with Crippen LogP contribution in [-0.2, 0) is 16.0 Å². The highest BCUT2D eigenvalue weighted by atomic mass is 16.6. The highest BCUT2D eigenvalue weighted by Gasteiger charge is 2.26. The first-order valence-corrected chi connectivity index (χ1v) is 9.28. The van der Waals surface area contributed by atoms with Gasteiger partial charge in [0.15, 0.2) is 0 Å². The quantitative estimate of drug-likeness (QED) is 0.685. The number of ether oxygens (including phenoxy) is 1. The average molecular weight is 384 g/mol. The highest BCUT2D eigenvalue weighted by molar-refractivity contribution is 5.86. The van der Waals surface area contributed by atoms with Gasteiger partial charge in [-0.2, -0.15) is 0 Å². The van der Waals surface area contributed by atoms with Crippen LogP contribution in [0.4, 0.5) is 4.79 Å². The molecule has 0 saturated heterocycles. The molecule has 2 atom stereocenters. The van der Waals surface area contributed by atoms with Gasteiger partial charge >= 0.3 is 6.09 Å². The Labute approximate surface area is 165 Å². The van der Waals surface area contributed by atoms with E-state index in [-0.39, 0.29) is 6.61 Å². The summed E-state index contributed by atoms with van der Waals surface area (Å²) in [6.45, 7) is 5.03. The molecule has 0 saturated carbocycles. The number of aliphatic hydroxyl groups excluding tert-OH is 1. The van der Waals surface area contributed by atoms with Gasteiger partial charge in [-0.15, -0.1) is 0 Å². The summed E-state index contributed by atoms with van der Waals surface area (Å²) in [5.41, 5.74) is 1.02. The van der Waals surface area contributed by atoms with E-state index >= 15 is 0 Å². The van der Waals surface area contributed by atoms with E-state index < -0.39 is 29.7 Å². The number of hydrogen-bond acceptors (Lipinski definition) is 4. The lowest BCUT2D eigenvalue weighted by molar-refractivity contribution is -0.124. The van der Waals surface area contributed by atoms with Crippen LogP contribution in [0.2, 0.25) is 0 Å². The molecule has 2 amide bonds. The van der Waals surface area contributed by atoms with Crippen LogP contribution in [0.15, 0.2) is 60.7 Å². The first-order valence-electron chi connectivity index (χ1n) is 9.28. The van der Waals surface area contributed by atoms with E-state index in [0.717, 1.165) is 11.1 Å². The van der Waals surface area contributed by atoms with E-state index in [9.17, 15) is 14.7 Å². The normalized spacial score (nSPS) is 13.3. The van der Waals surface area contributed by atoms with Gasteiger partial charge in [0.2, 0.25) is 5.91 Å². The largest absolute Gasteiger partial charge is 0.444 e. The van der Waals surface area contributed by atoms with E-state index in [2.05, 4.69) is 10.6 Å². The van der Waals surface area contributed by atoms with E-state index in [0.29, 0.717) is 6.42 Å². The molecule has 0 spiro atoms. The fourth-order valence-corrected chi connectivity index (χ4v) is 2.70. The topological polar surface area (TPSA) is 87.7 Å². The minimum absolute atomic E-state index is 0.250. The van der Waals surface area contributed by atoms with Gasteiger partial charge in [0.1, 0.15) is 11.6 Å². The molecule has 0 unspecified atom stereocenters. The molecule has 6 nitrogen and oxygen atoms in total. The number of benzene rings is 2. The first-order chi connectivity index (χ1) is 13.3. The lowest BCUT2D eigenvalue weighted by Crippen LogP contribution is -2.50. The SMILES string of the molecule is CC(C)(C)OC(=O)N[C@@H](Cc1ccccc1)C(=O)N[C@@H](CO)c1ccccc1. The van der Waals surface area contributed by atoms with Crippen molar-refractivity contribution in [2.45, 2.75) is 44.9 Å². The Hall–Kier alpha value is -2.86. The molecule has 0 heterocycles. The number of aliphatic hydroxyl groups is 1. The Morgan fingerprint density at radius 1 is 0.964 bits per heavy atom. The third kappa shape index (κ3) is 7.04. The molecular formula is C22H28N2O4. The first kappa shape index (κ1) is 21.4. The van der Waals surface area contributed by atoms with Crippen molar-refractivity contribution in [2.75, 3.05) is 6.61 Å². The van der Waals surface area contributed by atoms with Crippen LogP contribution >= 0.6 is 0 Å². The minimum atomic E-state index is -0.838. The van der Waals surface area contributed by atoms with Crippen molar-refractivity contribution < 1.29 is 19.4 Å². The van der Waals surface area contributed by atoms with Crippen molar-refractivity contribution in [1.82, 2.24) is 10.6 Å². The van der Waals surface area contributed by atoms with Crippen LogP contribution in [0, 0.1) is 0 Å². The Kier molecular flexibility index (Phi) is 7.58. The summed E-state index contributed by atoms with van der Waals surface area (Å²) in [4.78, 5) is 25.1. The number of rotatable bonds is 7. The summed E-state index contributed by atoms with van der Waals surface area (Å²) >= 11 is 0. The second-order valence-corrected chi connectivity index (χ2v) is 7.54. The molecule has 0 bridgehead atoms. The molecule has 0 aliphatic heterocycles. The van der Waals surface area contributed by atoms with Gasteiger partial charge in [0.05, 0.1) is 12.6 Å². The molecule has 0 fully saturated rings. The van der Waals surface area contributed by atoms with Crippen molar-refractivity contribution in [3.63, 3.8) is 0 Å². The maximum atomic E-state index is 12.9. The zero-order valence-corrected chi connectivity index (χ0v) is 16.5. The predicted molar refractivity (Wildman–Crippen MR) is 108 cm³/mol. The third-order valence-corrected chi connectivity index (χ3v) is 3.99. The Bertz CT molecular complexity index is 757. The number of amides is 2. The highest BCUT2D eigenvalue weighted by Crippen LogP contribution is 2.13. The average Bonchev–Trinajstić information content (AvgIpc) is 2.65. The summed E-state index contributed by atoms with van der Waals surface area (Å²) in [6, 6.07) is 17.2. The summed E-state index contributed by atoms with van der Waals surface area (Å²) in [7, 11) is 0. The standard InChI is InChI=1S/C22H28N2O4/c1-22(2,3)28-21(27)24-18(14-16-10-6-4-7-11-16)20(26)23-19(15-25)17-12-8-5-9-13-17/h4-13,18-19,25H,14-15H2,1-3H3,(H,23,26)(H,24,27)/t18-,19-/m0/s1. The van der Waals surface area contributed by atoms with Crippen molar-refractivity contribution in [3.05, 3.63) is 71.8 Å². The van der Waals surface area contributed by atoms with Crippen LogP contribution in [0.5, 0.6) is 0 Å². The Morgan fingerprint density at radius 3 is 2.07 bits per heavy atom. The molecule has 150 valence electrons. The molecule has 2 aromatic carbocycles. The molecule has 0 aliphatic rings. The minimum Gasteiger partial charge on any atom is -0.444 e.